The summed E-state index contributed by atoms with van der Waals surface area (Å²) in [4.78, 5) is 16.6. The fourth-order valence-electron chi connectivity index (χ4n) is 1.76. The van der Waals surface area contributed by atoms with Gasteiger partial charge in [-0.15, -0.1) is 0 Å². The number of allylic oxidation sites excluding steroid dienone is 2. The summed E-state index contributed by atoms with van der Waals surface area (Å²) in [5, 5.41) is 0.843. The molecule has 2 rings (SSSR count). The third kappa shape index (κ3) is 2.88. The molecule has 1 aromatic carbocycles. The fraction of sp³-hybridized carbons (Fsp3) is 0.143. The Hall–Kier alpha value is -1.58. The highest BCUT2D eigenvalue weighted by molar-refractivity contribution is 6.39. The van der Waals surface area contributed by atoms with Gasteiger partial charge in [-0.2, -0.15) is 0 Å². The molecule has 0 spiro atoms. The Labute approximate surface area is 121 Å². The van der Waals surface area contributed by atoms with Gasteiger partial charge in [0.2, 0.25) is 5.78 Å². The maximum atomic E-state index is 12.5. The van der Waals surface area contributed by atoms with Crippen molar-refractivity contribution in [2.75, 3.05) is 0 Å². The van der Waals surface area contributed by atoms with E-state index in [9.17, 15) is 4.79 Å². The third-order valence-electron chi connectivity index (χ3n) is 2.67. The molecule has 0 saturated carbocycles. The van der Waals surface area contributed by atoms with E-state index < -0.39 is 0 Å². The van der Waals surface area contributed by atoms with E-state index in [1.165, 1.54) is 0 Å². The van der Waals surface area contributed by atoms with E-state index >= 15 is 0 Å². The summed E-state index contributed by atoms with van der Waals surface area (Å²) in [5.41, 5.74) is 1.77. The molecule has 0 unspecified atom stereocenters. The number of carbonyl (C=O) groups is 1. The molecule has 19 heavy (non-hydrogen) atoms. The Morgan fingerprint density at radius 1 is 1.37 bits per heavy atom. The number of rotatable bonds is 3. The first kappa shape index (κ1) is 13.8. The molecule has 3 nitrogen and oxygen atoms in total. The largest absolute Gasteiger partial charge is 0.303 e. The molecular formula is C14H12Cl2N2O. The first-order valence-electron chi connectivity index (χ1n) is 5.70. The number of imidazole rings is 1. The van der Waals surface area contributed by atoms with Crippen molar-refractivity contribution in [2.45, 2.75) is 13.8 Å². The molecule has 0 bridgehead atoms. The van der Waals surface area contributed by atoms with Gasteiger partial charge in [-0.1, -0.05) is 29.3 Å². The van der Waals surface area contributed by atoms with Crippen LogP contribution in [0.25, 0.3) is 5.70 Å². The highest BCUT2D eigenvalue weighted by Gasteiger charge is 2.16. The second-order valence-corrected chi connectivity index (χ2v) is 4.89. The topological polar surface area (TPSA) is 34.9 Å². The maximum absolute atomic E-state index is 12.5. The Kier molecular flexibility index (Phi) is 4.08. The van der Waals surface area contributed by atoms with Gasteiger partial charge in [0.05, 0.1) is 22.7 Å². The van der Waals surface area contributed by atoms with Crippen LogP contribution >= 0.6 is 23.2 Å². The van der Waals surface area contributed by atoms with E-state index in [2.05, 4.69) is 4.98 Å². The van der Waals surface area contributed by atoms with Crippen molar-refractivity contribution >= 4 is 34.7 Å². The van der Waals surface area contributed by atoms with Crippen LogP contribution in [0.5, 0.6) is 0 Å². The maximum Gasteiger partial charge on any atom is 0.210 e. The number of carbonyl (C=O) groups excluding carboxylic acids is 1. The van der Waals surface area contributed by atoms with Crippen LogP contribution in [0.3, 0.4) is 0 Å². The van der Waals surface area contributed by atoms with E-state index in [0.29, 0.717) is 21.3 Å². The van der Waals surface area contributed by atoms with E-state index in [1.807, 2.05) is 6.92 Å². The molecule has 5 heteroatoms. The van der Waals surface area contributed by atoms with Gasteiger partial charge in [0, 0.05) is 16.8 Å². The van der Waals surface area contributed by atoms with Gasteiger partial charge >= 0.3 is 0 Å². The van der Waals surface area contributed by atoms with Gasteiger partial charge in [-0.25, -0.2) is 4.98 Å². The van der Waals surface area contributed by atoms with Gasteiger partial charge in [0.1, 0.15) is 0 Å². The Balaban J connectivity index is 2.42. The predicted octanol–water partition coefficient (Wildman–Crippen LogP) is 4.24. The molecule has 0 aliphatic heterocycles. The molecule has 0 radical (unpaired) electrons. The third-order valence-corrected chi connectivity index (χ3v) is 3.22. The van der Waals surface area contributed by atoms with Crippen LogP contribution in [-0.2, 0) is 0 Å². The molecule has 0 saturated heterocycles. The number of benzene rings is 1. The summed E-state index contributed by atoms with van der Waals surface area (Å²) in [6.07, 6.45) is 5.12. The molecule has 0 N–H and O–H groups in total. The van der Waals surface area contributed by atoms with Crippen molar-refractivity contribution < 1.29 is 4.79 Å². The highest BCUT2D eigenvalue weighted by atomic mass is 35.5. The van der Waals surface area contributed by atoms with Gasteiger partial charge in [0.25, 0.3) is 0 Å². The van der Waals surface area contributed by atoms with E-state index in [-0.39, 0.29) is 5.78 Å². The fourth-order valence-corrected chi connectivity index (χ4v) is 2.26. The van der Waals surface area contributed by atoms with Gasteiger partial charge < -0.3 is 4.57 Å². The smallest absolute Gasteiger partial charge is 0.210 e. The second-order valence-electron chi connectivity index (χ2n) is 4.05. The SMILES string of the molecule is C/C=C(/C(=O)c1ccc(Cl)cc1Cl)n1cnc(C)c1. The lowest BCUT2D eigenvalue weighted by atomic mass is 10.1. The molecule has 0 atom stereocenters. The summed E-state index contributed by atoms with van der Waals surface area (Å²) >= 11 is 11.9. The zero-order chi connectivity index (χ0) is 14.0. The molecule has 0 aliphatic carbocycles. The molecule has 1 aromatic heterocycles. The lowest BCUT2D eigenvalue weighted by Crippen LogP contribution is -2.08. The number of hydrogen-bond donors (Lipinski definition) is 0. The van der Waals surface area contributed by atoms with Crippen molar-refractivity contribution in [2.24, 2.45) is 0 Å². The zero-order valence-corrected chi connectivity index (χ0v) is 12.0. The molecule has 0 amide bonds. The van der Waals surface area contributed by atoms with Crippen LogP contribution in [0, 0.1) is 6.92 Å². The Morgan fingerprint density at radius 2 is 2.11 bits per heavy atom. The monoisotopic (exact) mass is 294 g/mol. The van der Waals surface area contributed by atoms with Gasteiger partial charge in [-0.3, -0.25) is 4.79 Å². The number of halogens is 2. The number of aromatic nitrogens is 2. The Bertz CT molecular complexity index is 659. The summed E-state index contributed by atoms with van der Waals surface area (Å²) in [5.74, 6) is -0.165. The van der Waals surface area contributed by atoms with E-state index in [0.717, 1.165) is 5.69 Å². The van der Waals surface area contributed by atoms with Crippen molar-refractivity contribution in [3.05, 3.63) is 58.1 Å². The number of hydrogen-bond acceptors (Lipinski definition) is 2. The van der Waals surface area contributed by atoms with Crippen molar-refractivity contribution in [1.82, 2.24) is 9.55 Å². The summed E-state index contributed by atoms with van der Waals surface area (Å²) < 4.78 is 1.68. The van der Waals surface area contributed by atoms with Crippen molar-refractivity contribution in [1.29, 1.82) is 0 Å². The predicted molar refractivity (Wildman–Crippen MR) is 77.7 cm³/mol. The molecule has 0 aliphatic rings. The number of Topliss-reactive ketones (excluding diaryl/α,β-unsaturated/α-hetero) is 1. The summed E-state index contributed by atoms with van der Waals surface area (Å²) in [6.45, 7) is 3.66. The minimum Gasteiger partial charge on any atom is -0.303 e. The molecule has 98 valence electrons. The van der Waals surface area contributed by atoms with Crippen LogP contribution in [0.1, 0.15) is 23.0 Å². The number of ketones is 1. The average Bonchev–Trinajstić information content (AvgIpc) is 2.76. The first-order chi connectivity index (χ1) is 9.02. The van der Waals surface area contributed by atoms with Crippen molar-refractivity contribution in [3.63, 3.8) is 0 Å². The number of aryl methyl sites for hydroxylation is 1. The quantitative estimate of drug-likeness (QED) is 0.627. The van der Waals surface area contributed by atoms with Crippen LogP contribution in [0.2, 0.25) is 10.0 Å². The lowest BCUT2D eigenvalue weighted by molar-refractivity contribution is 0.105. The van der Waals surface area contributed by atoms with Crippen LogP contribution in [0.15, 0.2) is 36.8 Å². The minimum absolute atomic E-state index is 0.165. The second kappa shape index (κ2) is 5.59. The van der Waals surface area contributed by atoms with Crippen LogP contribution in [0.4, 0.5) is 0 Å². The standard InChI is InChI=1S/C14H12Cl2N2O/c1-3-13(18-7-9(2)17-8-18)14(19)11-5-4-10(15)6-12(11)16/h3-8H,1-2H3/b13-3-. The highest BCUT2D eigenvalue weighted by Crippen LogP contribution is 2.24. The zero-order valence-electron chi connectivity index (χ0n) is 10.5. The minimum atomic E-state index is -0.165. The van der Waals surface area contributed by atoms with Gasteiger partial charge in [0.15, 0.2) is 0 Å². The Morgan fingerprint density at radius 3 is 2.63 bits per heavy atom. The molecule has 0 fully saturated rings. The van der Waals surface area contributed by atoms with Crippen LogP contribution in [-0.4, -0.2) is 15.3 Å². The van der Waals surface area contributed by atoms with E-state index in [1.54, 1.807) is 48.3 Å². The molecule has 2 aromatic rings. The lowest BCUT2D eigenvalue weighted by Gasteiger charge is -2.08. The molecular weight excluding hydrogens is 283 g/mol. The summed E-state index contributed by atoms with van der Waals surface area (Å²) in [7, 11) is 0. The van der Waals surface area contributed by atoms with E-state index in [4.69, 9.17) is 23.2 Å². The van der Waals surface area contributed by atoms with Crippen LogP contribution < -0.4 is 0 Å². The van der Waals surface area contributed by atoms with Gasteiger partial charge in [-0.05, 0) is 32.0 Å². The normalized spacial score (nSPS) is 11.7. The average molecular weight is 295 g/mol. The summed E-state index contributed by atoms with van der Waals surface area (Å²) in [6, 6.07) is 4.83. The number of nitrogens with zero attached hydrogens (tertiary/aromatic N) is 2. The molecule has 1 heterocycles. The first-order valence-corrected chi connectivity index (χ1v) is 6.45. The van der Waals surface area contributed by atoms with Crippen molar-refractivity contribution in [3.8, 4) is 0 Å².